The smallest absolute Gasteiger partial charge is 0.230 e. The molecule has 5 rings (SSSR count). The third-order valence-corrected chi connectivity index (χ3v) is 6.93. The maximum absolute atomic E-state index is 13.0. The highest BCUT2D eigenvalue weighted by molar-refractivity contribution is 7.14. The summed E-state index contributed by atoms with van der Waals surface area (Å²) < 4.78 is 0. The minimum atomic E-state index is 0.0896. The van der Waals surface area contributed by atoms with Gasteiger partial charge in [0.1, 0.15) is 0 Å². The van der Waals surface area contributed by atoms with Crippen molar-refractivity contribution < 1.29 is 9.59 Å². The summed E-state index contributed by atoms with van der Waals surface area (Å²) in [6, 6.07) is 6.28. The van der Waals surface area contributed by atoms with Gasteiger partial charge in [0.25, 0.3) is 0 Å². The maximum atomic E-state index is 13.0. The van der Waals surface area contributed by atoms with E-state index in [0.717, 1.165) is 55.6 Å². The molecule has 2 amide bonds. The lowest BCUT2D eigenvalue weighted by atomic mass is 9.88. The van der Waals surface area contributed by atoms with Crippen molar-refractivity contribution in [1.29, 1.82) is 0 Å². The second kappa shape index (κ2) is 7.32. The first kappa shape index (κ1) is 17.9. The van der Waals surface area contributed by atoms with Gasteiger partial charge in [-0.25, -0.2) is 4.98 Å². The van der Waals surface area contributed by atoms with E-state index in [1.54, 1.807) is 0 Å². The Balaban J connectivity index is 1.32. The summed E-state index contributed by atoms with van der Waals surface area (Å²) in [6.45, 7) is 0.786. The van der Waals surface area contributed by atoms with Gasteiger partial charge in [-0.15, -0.1) is 11.3 Å². The van der Waals surface area contributed by atoms with Gasteiger partial charge in [-0.05, 0) is 49.8 Å². The van der Waals surface area contributed by atoms with E-state index < -0.39 is 0 Å². The van der Waals surface area contributed by atoms with E-state index in [1.807, 2.05) is 16.3 Å². The standard InChI is InChI=1S/C22H25N3O2S/c26-20(14-6-7-14)24-22-23-18(13-28-22)16-8-9-19-17(12-16)10-11-25(19)21(27)15-4-2-1-3-5-15/h8-9,12-15H,1-7,10-11H2,(H,23,24,26). The SMILES string of the molecule is O=C(Nc1nc(-c2ccc3c(c2)CCN3C(=O)C2CCCCC2)cs1)C1CC1. The van der Waals surface area contributed by atoms with Crippen molar-refractivity contribution in [3.8, 4) is 11.3 Å². The van der Waals surface area contributed by atoms with Crippen molar-refractivity contribution in [2.75, 3.05) is 16.8 Å². The molecule has 2 fully saturated rings. The first-order valence-electron chi connectivity index (χ1n) is 10.4. The number of hydrogen-bond donors (Lipinski definition) is 1. The molecule has 2 saturated carbocycles. The molecular formula is C22H25N3O2S. The minimum absolute atomic E-state index is 0.0896. The Kier molecular flexibility index (Phi) is 4.67. The first-order chi connectivity index (χ1) is 13.7. The molecule has 6 heteroatoms. The molecule has 0 bridgehead atoms. The zero-order chi connectivity index (χ0) is 19.1. The number of rotatable bonds is 4. The Labute approximate surface area is 169 Å². The molecule has 2 aromatic rings. The van der Waals surface area contributed by atoms with Gasteiger partial charge in [-0.3, -0.25) is 9.59 Å². The van der Waals surface area contributed by atoms with Crippen LogP contribution < -0.4 is 10.2 Å². The summed E-state index contributed by atoms with van der Waals surface area (Å²) in [5.41, 5.74) is 4.22. The van der Waals surface area contributed by atoms with Crippen molar-refractivity contribution in [2.24, 2.45) is 11.8 Å². The highest BCUT2D eigenvalue weighted by Gasteiger charge is 2.32. The fourth-order valence-corrected chi connectivity index (χ4v) is 5.10. The predicted molar refractivity (Wildman–Crippen MR) is 112 cm³/mol. The molecule has 1 aliphatic heterocycles. The van der Waals surface area contributed by atoms with Crippen LogP contribution in [-0.2, 0) is 16.0 Å². The molecule has 0 unspecified atom stereocenters. The van der Waals surface area contributed by atoms with Crippen LogP contribution in [0.3, 0.4) is 0 Å². The number of benzene rings is 1. The summed E-state index contributed by atoms with van der Waals surface area (Å²) in [5.74, 6) is 0.784. The Hall–Kier alpha value is -2.21. The first-order valence-corrected chi connectivity index (χ1v) is 11.3. The minimum Gasteiger partial charge on any atom is -0.312 e. The van der Waals surface area contributed by atoms with Gasteiger partial charge in [-0.1, -0.05) is 25.3 Å². The van der Waals surface area contributed by atoms with Crippen LogP contribution in [0.25, 0.3) is 11.3 Å². The number of fused-ring (bicyclic) bond motifs is 1. The second-order valence-electron chi connectivity index (χ2n) is 8.22. The number of nitrogens with one attached hydrogen (secondary N) is 1. The van der Waals surface area contributed by atoms with Crippen molar-refractivity contribution in [3.63, 3.8) is 0 Å². The van der Waals surface area contributed by atoms with Crippen molar-refractivity contribution in [2.45, 2.75) is 51.4 Å². The Morgan fingerprint density at radius 1 is 1.07 bits per heavy atom. The van der Waals surface area contributed by atoms with Crippen molar-refractivity contribution in [3.05, 3.63) is 29.1 Å². The molecule has 0 atom stereocenters. The number of carbonyl (C=O) groups excluding carboxylic acids is 2. The number of nitrogens with zero attached hydrogens (tertiary/aromatic N) is 2. The van der Waals surface area contributed by atoms with E-state index in [1.165, 1.54) is 36.2 Å². The molecule has 2 aliphatic carbocycles. The second-order valence-corrected chi connectivity index (χ2v) is 9.08. The third-order valence-electron chi connectivity index (χ3n) is 6.17. The fourth-order valence-electron chi connectivity index (χ4n) is 4.38. The number of hydrogen-bond acceptors (Lipinski definition) is 4. The quantitative estimate of drug-likeness (QED) is 0.821. The Bertz CT molecular complexity index is 912. The lowest BCUT2D eigenvalue weighted by molar-refractivity contribution is -0.123. The van der Waals surface area contributed by atoms with Crippen molar-refractivity contribution >= 4 is 34.0 Å². The molecule has 28 heavy (non-hydrogen) atoms. The zero-order valence-electron chi connectivity index (χ0n) is 15.9. The molecule has 2 heterocycles. The van der Waals surface area contributed by atoms with Crippen LogP contribution in [0.5, 0.6) is 0 Å². The van der Waals surface area contributed by atoms with Gasteiger partial charge in [0.15, 0.2) is 5.13 Å². The van der Waals surface area contributed by atoms with E-state index in [9.17, 15) is 9.59 Å². The van der Waals surface area contributed by atoms with Crippen molar-refractivity contribution in [1.82, 2.24) is 4.98 Å². The summed E-state index contributed by atoms with van der Waals surface area (Å²) >= 11 is 1.47. The van der Waals surface area contributed by atoms with Crippen LogP contribution in [-0.4, -0.2) is 23.3 Å². The number of anilines is 2. The zero-order valence-corrected chi connectivity index (χ0v) is 16.8. The average molecular weight is 396 g/mol. The molecule has 1 aromatic heterocycles. The van der Waals surface area contributed by atoms with Crippen LogP contribution in [0, 0.1) is 11.8 Å². The Morgan fingerprint density at radius 3 is 2.68 bits per heavy atom. The van der Waals surface area contributed by atoms with Gasteiger partial charge in [0.2, 0.25) is 11.8 Å². The number of amides is 2. The molecule has 0 radical (unpaired) electrons. The lowest BCUT2D eigenvalue weighted by Gasteiger charge is -2.26. The summed E-state index contributed by atoms with van der Waals surface area (Å²) in [6.07, 6.45) is 8.58. The molecule has 1 N–H and O–H groups in total. The highest BCUT2D eigenvalue weighted by Crippen LogP contribution is 2.36. The Morgan fingerprint density at radius 2 is 1.89 bits per heavy atom. The third kappa shape index (κ3) is 3.46. The summed E-state index contributed by atoms with van der Waals surface area (Å²) in [5, 5.41) is 5.58. The number of aromatic nitrogens is 1. The number of carbonyl (C=O) groups is 2. The van der Waals surface area contributed by atoms with Crippen LogP contribution in [0.15, 0.2) is 23.6 Å². The average Bonchev–Trinajstić information content (AvgIpc) is 3.34. The van der Waals surface area contributed by atoms with Crippen LogP contribution in [0.2, 0.25) is 0 Å². The number of thiazole rings is 1. The molecule has 1 aromatic carbocycles. The molecule has 0 spiro atoms. The van der Waals surface area contributed by atoms with Gasteiger partial charge in [-0.2, -0.15) is 0 Å². The van der Waals surface area contributed by atoms with Crippen LogP contribution in [0.4, 0.5) is 10.8 Å². The molecule has 0 saturated heterocycles. The highest BCUT2D eigenvalue weighted by atomic mass is 32.1. The molecule has 146 valence electrons. The largest absolute Gasteiger partial charge is 0.312 e. The summed E-state index contributed by atoms with van der Waals surface area (Å²) in [7, 11) is 0. The maximum Gasteiger partial charge on any atom is 0.230 e. The molecular weight excluding hydrogens is 370 g/mol. The van der Waals surface area contributed by atoms with Gasteiger partial charge >= 0.3 is 0 Å². The van der Waals surface area contributed by atoms with Gasteiger partial charge < -0.3 is 10.2 Å². The van der Waals surface area contributed by atoms with Gasteiger partial charge in [0, 0.05) is 35.0 Å². The molecule has 5 nitrogen and oxygen atoms in total. The van der Waals surface area contributed by atoms with E-state index in [0.29, 0.717) is 11.0 Å². The lowest BCUT2D eigenvalue weighted by Crippen LogP contribution is -2.35. The van der Waals surface area contributed by atoms with E-state index in [2.05, 4.69) is 22.4 Å². The van der Waals surface area contributed by atoms with E-state index in [-0.39, 0.29) is 17.7 Å². The fraction of sp³-hybridized carbons (Fsp3) is 0.500. The van der Waals surface area contributed by atoms with Crippen LogP contribution in [0.1, 0.15) is 50.5 Å². The topological polar surface area (TPSA) is 62.3 Å². The normalized spacial score (nSPS) is 19.5. The predicted octanol–water partition coefficient (Wildman–Crippen LogP) is 4.63. The van der Waals surface area contributed by atoms with Gasteiger partial charge in [0.05, 0.1) is 5.69 Å². The molecule has 3 aliphatic rings. The van der Waals surface area contributed by atoms with Crippen LogP contribution >= 0.6 is 11.3 Å². The van der Waals surface area contributed by atoms with E-state index in [4.69, 9.17) is 0 Å². The monoisotopic (exact) mass is 395 g/mol. The summed E-state index contributed by atoms with van der Waals surface area (Å²) in [4.78, 5) is 31.5. The van der Waals surface area contributed by atoms with E-state index >= 15 is 0 Å².